The van der Waals surface area contributed by atoms with Gasteiger partial charge < -0.3 is 0 Å². The summed E-state index contributed by atoms with van der Waals surface area (Å²) in [6.45, 7) is 10.3. The van der Waals surface area contributed by atoms with Crippen molar-refractivity contribution < 1.29 is 0 Å². The lowest BCUT2D eigenvalue weighted by atomic mass is 10.1. The Hall–Kier alpha value is -0.820. The summed E-state index contributed by atoms with van der Waals surface area (Å²) < 4.78 is 0. The number of allylic oxidation sites excluding steroid dienone is 1. The molecule has 13 heavy (non-hydrogen) atoms. The van der Waals surface area contributed by atoms with E-state index >= 15 is 0 Å². The van der Waals surface area contributed by atoms with Crippen LogP contribution in [0.5, 0.6) is 0 Å². The minimum absolute atomic E-state index is 1.09. The van der Waals surface area contributed by atoms with Crippen LogP contribution in [-0.2, 0) is 0 Å². The Kier molecular flexibility index (Phi) is 3.49. The molecule has 0 saturated carbocycles. The molecule has 0 fully saturated rings. The largest absolute Gasteiger partial charge is 0.140 e. The summed E-state index contributed by atoms with van der Waals surface area (Å²) in [6.07, 6.45) is 7.43. The van der Waals surface area contributed by atoms with Crippen LogP contribution in [0.15, 0.2) is 12.7 Å². The highest BCUT2D eigenvalue weighted by Crippen LogP contribution is 2.29. The molecule has 0 atom stereocenters. The van der Waals surface area contributed by atoms with Gasteiger partial charge in [-0.15, -0.1) is 11.3 Å². The third-order valence-corrected chi connectivity index (χ3v) is 3.36. The molecular formula is C12H16S. The van der Waals surface area contributed by atoms with E-state index in [0.29, 0.717) is 0 Å². The zero-order valence-corrected chi connectivity index (χ0v) is 9.37. The van der Waals surface area contributed by atoms with E-state index in [1.54, 1.807) is 0 Å². The molecule has 1 heterocycles. The lowest BCUT2D eigenvalue weighted by molar-refractivity contribution is 1.23. The number of rotatable bonds is 3. The predicted molar refractivity (Wildman–Crippen MR) is 63.2 cm³/mol. The predicted octanol–water partition coefficient (Wildman–Crippen LogP) is 4.43. The Balaban J connectivity index is 3.13. The van der Waals surface area contributed by atoms with Crippen LogP contribution in [0.3, 0.4) is 0 Å². The molecule has 1 heteroatoms. The first kappa shape index (κ1) is 10.3. The Morgan fingerprint density at radius 1 is 1.38 bits per heavy atom. The van der Waals surface area contributed by atoms with Gasteiger partial charge in [-0.2, -0.15) is 0 Å². The van der Waals surface area contributed by atoms with Gasteiger partial charge in [0.1, 0.15) is 0 Å². The monoisotopic (exact) mass is 192 g/mol. The standard InChI is InChI=1S/C12H16S/c1-5-7-8-12-11(6-2)9(3)10(4)13-12/h6-8H,2,5H2,1,3-4H3/b8-7-. The zero-order chi connectivity index (χ0) is 9.84. The molecule has 0 aromatic carbocycles. The molecule has 0 aliphatic carbocycles. The molecule has 1 rings (SSSR count). The summed E-state index contributed by atoms with van der Waals surface area (Å²) in [5.41, 5.74) is 2.67. The van der Waals surface area contributed by atoms with Crippen LogP contribution in [0.1, 0.15) is 34.2 Å². The fourth-order valence-corrected chi connectivity index (χ4v) is 2.38. The van der Waals surface area contributed by atoms with Gasteiger partial charge in [-0.25, -0.2) is 0 Å². The van der Waals surface area contributed by atoms with Gasteiger partial charge in [0.05, 0.1) is 0 Å². The Labute approximate surface area is 84.6 Å². The minimum atomic E-state index is 1.09. The molecule has 0 aliphatic rings. The smallest absolute Gasteiger partial charge is 0.0344 e. The van der Waals surface area contributed by atoms with E-state index < -0.39 is 0 Å². The minimum Gasteiger partial charge on any atom is -0.140 e. The van der Waals surface area contributed by atoms with Crippen molar-refractivity contribution in [2.45, 2.75) is 27.2 Å². The topological polar surface area (TPSA) is 0 Å². The SMILES string of the molecule is C=Cc1c(/C=C\CC)sc(C)c1C. The normalized spacial score (nSPS) is 11.0. The van der Waals surface area contributed by atoms with Gasteiger partial charge in [0.2, 0.25) is 0 Å². The Bertz CT molecular complexity index is 329. The highest BCUT2D eigenvalue weighted by molar-refractivity contribution is 7.13. The molecule has 0 spiro atoms. The molecule has 70 valence electrons. The summed E-state index contributed by atoms with van der Waals surface area (Å²) in [5.74, 6) is 0. The first-order chi connectivity index (χ1) is 6.20. The fourth-order valence-electron chi connectivity index (χ4n) is 1.27. The molecule has 0 amide bonds. The van der Waals surface area contributed by atoms with Crippen molar-refractivity contribution in [3.63, 3.8) is 0 Å². The summed E-state index contributed by atoms with van der Waals surface area (Å²) >= 11 is 1.85. The molecule has 1 aromatic heterocycles. The maximum Gasteiger partial charge on any atom is 0.0344 e. The molecule has 1 aromatic rings. The van der Waals surface area contributed by atoms with Gasteiger partial charge in [-0.05, 0) is 37.5 Å². The molecule has 0 radical (unpaired) electrons. The summed E-state index contributed by atoms with van der Waals surface area (Å²) in [6, 6.07) is 0. The summed E-state index contributed by atoms with van der Waals surface area (Å²) in [5, 5.41) is 0. The average Bonchev–Trinajstić information content (AvgIpc) is 2.39. The van der Waals surface area contributed by atoms with Crippen molar-refractivity contribution in [3.05, 3.63) is 33.5 Å². The molecule has 0 N–H and O–H groups in total. The van der Waals surface area contributed by atoms with E-state index in [9.17, 15) is 0 Å². The van der Waals surface area contributed by atoms with Crippen LogP contribution in [0.2, 0.25) is 0 Å². The van der Waals surface area contributed by atoms with Crippen molar-refractivity contribution in [1.82, 2.24) is 0 Å². The number of thiophene rings is 1. The Morgan fingerprint density at radius 3 is 2.62 bits per heavy atom. The summed E-state index contributed by atoms with van der Waals surface area (Å²) in [4.78, 5) is 2.73. The zero-order valence-electron chi connectivity index (χ0n) is 8.55. The average molecular weight is 192 g/mol. The second-order valence-corrected chi connectivity index (χ2v) is 4.33. The maximum atomic E-state index is 3.85. The van der Waals surface area contributed by atoms with Crippen LogP contribution in [0.4, 0.5) is 0 Å². The number of aryl methyl sites for hydroxylation is 1. The molecule has 0 nitrogen and oxygen atoms in total. The molecule has 0 unspecified atom stereocenters. The lowest BCUT2D eigenvalue weighted by Gasteiger charge is -1.93. The first-order valence-corrected chi connectivity index (χ1v) is 5.41. The van der Waals surface area contributed by atoms with Gasteiger partial charge >= 0.3 is 0 Å². The van der Waals surface area contributed by atoms with Gasteiger partial charge in [-0.3, -0.25) is 0 Å². The van der Waals surface area contributed by atoms with E-state index in [0.717, 1.165) is 6.42 Å². The fraction of sp³-hybridized carbons (Fsp3) is 0.333. The van der Waals surface area contributed by atoms with Crippen molar-refractivity contribution in [2.24, 2.45) is 0 Å². The van der Waals surface area contributed by atoms with Crippen molar-refractivity contribution >= 4 is 23.5 Å². The molecule has 0 saturated heterocycles. The summed E-state index contributed by atoms with van der Waals surface area (Å²) in [7, 11) is 0. The van der Waals surface area contributed by atoms with Gasteiger partial charge in [0.25, 0.3) is 0 Å². The molecular weight excluding hydrogens is 176 g/mol. The van der Waals surface area contributed by atoms with Gasteiger partial charge in [-0.1, -0.05) is 25.7 Å². The van der Waals surface area contributed by atoms with Crippen molar-refractivity contribution in [2.75, 3.05) is 0 Å². The van der Waals surface area contributed by atoms with Crippen LogP contribution in [-0.4, -0.2) is 0 Å². The van der Waals surface area contributed by atoms with Gasteiger partial charge in [0, 0.05) is 9.75 Å². The Morgan fingerprint density at radius 2 is 2.08 bits per heavy atom. The second kappa shape index (κ2) is 4.43. The number of hydrogen-bond acceptors (Lipinski definition) is 1. The van der Waals surface area contributed by atoms with E-state index in [1.165, 1.54) is 20.9 Å². The van der Waals surface area contributed by atoms with E-state index in [4.69, 9.17) is 0 Å². The van der Waals surface area contributed by atoms with E-state index in [2.05, 4.69) is 39.5 Å². The molecule has 0 bridgehead atoms. The molecule has 0 aliphatic heterocycles. The van der Waals surface area contributed by atoms with Crippen LogP contribution < -0.4 is 0 Å². The van der Waals surface area contributed by atoms with E-state index in [-0.39, 0.29) is 0 Å². The van der Waals surface area contributed by atoms with Crippen LogP contribution in [0.25, 0.3) is 12.2 Å². The van der Waals surface area contributed by atoms with E-state index in [1.807, 2.05) is 17.4 Å². The quantitative estimate of drug-likeness (QED) is 0.664. The van der Waals surface area contributed by atoms with Crippen LogP contribution >= 0.6 is 11.3 Å². The van der Waals surface area contributed by atoms with Gasteiger partial charge in [0.15, 0.2) is 0 Å². The third-order valence-electron chi connectivity index (χ3n) is 2.17. The highest BCUT2D eigenvalue weighted by Gasteiger charge is 2.06. The maximum absolute atomic E-state index is 3.85. The van der Waals surface area contributed by atoms with Crippen LogP contribution in [0, 0.1) is 13.8 Å². The number of hydrogen-bond donors (Lipinski definition) is 0. The lowest BCUT2D eigenvalue weighted by Crippen LogP contribution is -1.75. The van der Waals surface area contributed by atoms with Crippen molar-refractivity contribution in [3.8, 4) is 0 Å². The third kappa shape index (κ3) is 2.10. The second-order valence-electron chi connectivity index (χ2n) is 3.08. The van der Waals surface area contributed by atoms with Crippen molar-refractivity contribution in [1.29, 1.82) is 0 Å². The highest BCUT2D eigenvalue weighted by atomic mass is 32.1. The first-order valence-electron chi connectivity index (χ1n) is 4.59.